The highest BCUT2D eigenvalue weighted by molar-refractivity contribution is 9.10. The summed E-state index contributed by atoms with van der Waals surface area (Å²) in [5.41, 5.74) is 2.54. The van der Waals surface area contributed by atoms with E-state index in [0.717, 1.165) is 15.7 Å². The Hall–Kier alpha value is -1.68. The molecular weight excluding hydrogens is 306 g/mol. The van der Waals surface area contributed by atoms with Crippen LogP contribution in [-0.2, 0) is 0 Å². The molecule has 1 atom stereocenters. The van der Waals surface area contributed by atoms with Gasteiger partial charge in [0.05, 0.1) is 12.0 Å². The minimum absolute atomic E-state index is 0.105. The molecule has 2 heterocycles. The molecule has 1 aliphatic rings. The number of aryl methyl sites for hydroxylation is 1. The van der Waals surface area contributed by atoms with Crippen molar-refractivity contribution in [1.29, 1.82) is 0 Å². The molecule has 0 saturated carbocycles. The van der Waals surface area contributed by atoms with Crippen molar-refractivity contribution >= 4 is 21.7 Å². The Labute approximate surface area is 119 Å². The van der Waals surface area contributed by atoms with Crippen molar-refractivity contribution in [3.05, 3.63) is 57.8 Å². The van der Waals surface area contributed by atoms with E-state index in [0.29, 0.717) is 17.7 Å². The van der Waals surface area contributed by atoms with Crippen LogP contribution >= 0.6 is 15.9 Å². The van der Waals surface area contributed by atoms with Gasteiger partial charge in [0.25, 0.3) is 0 Å². The zero-order valence-corrected chi connectivity index (χ0v) is 12.0. The summed E-state index contributed by atoms with van der Waals surface area (Å²) in [5, 5.41) is 0. The Kier molecular flexibility index (Phi) is 3.11. The standard InChI is InChI=1S/C15H12BrNO2/c1-9-2-3-10(8-17-9)15-7-13(18)12-6-11(16)4-5-14(12)19-15/h2-6,8,15H,7H2,1H3. The Morgan fingerprint density at radius 3 is 2.89 bits per heavy atom. The van der Waals surface area contributed by atoms with Crippen LogP contribution in [0, 0.1) is 6.92 Å². The lowest BCUT2D eigenvalue weighted by atomic mass is 9.97. The van der Waals surface area contributed by atoms with E-state index in [9.17, 15) is 4.79 Å². The summed E-state index contributed by atoms with van der Waals surface area (Å²) in [6, 6.07) is 9.40. The maximum atomic E-state index is 12.2. The van der Waals surface area contributed by atoms with Crippen molar-refractivity contribution in [3.63, 3.8) is 0 Å². The number of fused-ring (bicyclic) bond motifs is 1. The molecule has 1 aromatic heterocycles. The molecule has 0 radical (unpaired) electrons. The molecular formula is C15H12BrNO2. The highest BCUT2D eigenvalue weighted by Gasteiger charge is 2.27. The second-order valence-corrected chi connectivity index (χ2v) is 5.52. The van der Waals surface area contributed by atoms with E-state index in [4.69, 9.17) is 4.74 Å². The van der Waals surface area contributed by atoms with Gasteiger partial charge in [-0.25, -0.2) is 0 Å². The number of hydrogen-bond donors (Lipinski definition) is 0. The lowest BCUT2D eigenvalue weighted by molar-refractivity contribution is 0.0849. The van der Waals surface area contributed by atoms with Crippen LogP contribution in [0.15, 0.2) is 41.0 Å². The van der Waals surface area contributed by atoms with Gasteiger partial charge in [-0.3, -0.25) is 9.78 Å². The number of hydrogen-bond acceptors (Lipinski definition) is 3. The molecule has 0 N–H and O–H groups in total. The monoisotopic (exact) mass is 317 g/mol. The van der Waals surface area contributed by atoms with Crippen LogP contribution in [0.1, 0.15) is 34.1 Å². The summed E-state index contributed by atoms with van der Waals surface area (Å²) in [4.78, 5) is 16.4. The maximum absolute atomic E-state index is 12.2. The number of pyridine rings is 1. The maximum Gasteiger partial charge on any atom is 0.170 e. The van der Waals surface area contributed by atoms with Gasteiger partial charge in [-0.05, 0) is 31.2 Å². The SMILES string of the molecule is Cc1ccc(C2CC(=O)c3cc(Br)ccc3O2)cn1. The van der Waals surface area contributed by atoms with E-state index in [1.54, 1.807) is 12.3 Å². The molecule has 0 spiro atoms. The van der Waals surface area contributed by atoms with Gasteiger partial charge in [-0.1, -0.05) is 22.0 Å². The molecule has 3 rings (SSSR count). The molecule has 0 fully saturated rings. The Bertz CT molecular complexity index is 637. The minimum Gasteiger partial charge on any atom is -0.484 e. The third kappa shape index (κ3) is 2.40. The van der Waals surface area contributed by atoms with Crippen LogP contribution in [0.5, 0.6) is 5.75 Å². The molecule has 0 aliphatic carbocycles. The van der Waals surface area contributed by atoms with E-state index >= 15 is 0 Å². The average Bonchev–Trinajstić information content (AvgIpc) is 2.40. The number of carbonyl (C=O) groups excluding carboxylic acids is 1. The lowest BCUT2D eigenvalue weighted by Gasteiger charge is -2.25. The van der Waals surface area contributed by atoms with Gasteiger partial charge in [0, 0.05) is 21.9 Å². The minimum atomic E-state index is -0.241. The van der Waals surface area contributed by atoms with E-state index in [2.05, 4.69) is 20.9 Å². The largest absolute Gasteiger partial charge is 0.484 e. The molecule has 0 amide bonds. The number of halogens is 1. The molecule has 4 heteroatoms. The fourth-order valence-corrected chi connectivity index (χ4v) is 2.51. The molecule has 96 valence electrons. The second-order valence-electron chi connectivity index (χ2n) is 4.61. The summed E-state index contributed by atoms with van der Waals surface area (Å²) in [6.07, 6.45) is 1.89. The summed E-state index contributed by atoms with van der Waals surface area (Å²) in [5.74, 6) is 0.748. The molecule has 1 aliphatic heterocycles. The molecule has 1 aromatic carbocycles. The van der Waals surface area contributed by atoms with Crippen LogP contribution in [0.3, 0.4) is 0 Å². The summed E-state index contributed by atoms with van der Waals surface area (Å²) < 4.78 is 6.79. The predicted molar refractivity (Wildman–Crippen MR) is 75.4 cm³/mol. The van der Waals surface area contributed by atoms with Crippen molar-refractivity contribution in [1.82, 2.24) is 4.98 Å². The van der Waals surface area contributed by atoms with Crippen molar-refractivity contribution < 1.29 is 9.53 Å². The van der Waals surface area contributed by atoms with E-state index in [-0.39, 0.29) is 11.9 Å². The highest BCUT2D eigenvalue weighted by atomic mass is 79.9. The Balaban J connectivity index is 1.95. The van der Waals surface area contributed by atoms with Gasteiger partial charge in [0.2, 0.25) is 0 Å². The van der Waals surface area contributed by atoms with E-state index < -0.39 is 0 Å². The Morgan fingerprint density at radius 2 is 2.16 bits per heavy atom. The van der Waals surface area contributed by atoms with E-state index in [1.807, 2.05) is 31.2 Å². The molecule has 2 aromatic rings. The molecule has 0 bridgehead atoms. The first-order chi connectivity index (χ1) is 9.13. The first-order valence-electron chi connectivity index (χ1n) is 6.05. The van der Waals surface area contributed by atoms with Crippen molar-refractivity contribution in [2.45, 2.75) is 19.4 Å². The number of nitrogens with zero attached hydrogens (tertiary/aromatic N) is 1. The van der Waals surface area contributed by atoms with Gasteiger partial charge in [-0.15, -0.1) is 0 Å². The van der Waals surface area contributed by atoms with Crippen LogP contribution in [0.4, 0.5) is 0 Å². The second kappa shape index (κ2) is 4.78. The average molecular weight is 318 g/mol. The van der Waals surface area contributed by atoms with Gasteiger partial charge in [0.1, 0.15) is 11.9 Å². The number of Topliss-reactive ketones (excluding diaryl/α,β-unsaturated/α-hetero) is 1. The van der Waals surface area contributed by atoms with E-state index in [1.165, 1.54) is 0 Å². The molecule has 1 unspecified atom stereocenters. The number of rotatable bonds is 1. The normalized spacial score (nSPS) is 17.8. The van der Waals surface area contributed by atoms with Crippen molar-refractivity contribution in [2.24, 2.45) is 0 Å². The van der Waals surface area contributed by atoms with Crippen molar-refractivity contribution in [2.75, 3.05) is 0 Å². The predicted octanol–water partition coefficient (Wildman–Crippen LogP) is 3.86. The van der Waals surface area contributed by atoms with Crippen molar-refractivity contribution in [3.8, 4) is 5.75 Å². The molecule has 0 saturated heterocycles. The zero-order chi connectivity index (χ0) is 13.4. The fourth-order valence-electron chi connectivity index (χ4n) is 2.15. The van der Waals surface area contributed by atoms with Crippen LogP contribution in [-0.4, -0.2) is 10.8 Å². The number of carbonyl (C=O) groups is 1. The number of ketones is 1. The number of ether oxygens (including phenoxy) is 1. The summed E-state index contributed by atoms with van der Waals surface area (Å²) in [7, 11) is 0. The van der Waals surface area contributed by atoms with Gasteiger partial charge in [0.15, 0.2) is 5.78 Å². The first-order valence-corrected chi connectivity index (χ1v) is 6.85. The fraction of sp³-hybridized carbons (Fsp3) is 0.200. The van der Waals surface area contributed by atoms with Crippen LogP contribution in [0.25, 0.3) is 0 Å². The molecule has 19 heavy (non-hydrogen) atoms. The summed E-state index contributed by atoms with van der Waals surface area (Å²) in [6.45, 7) is 1.93. The summed E-state index contributed by atoms with van der Waals surface area (Å²) >= 11 is 3.37. The third-order valence-electron chi connectivity index (χ3n) is 3.19. The van der Waals surface area contributed by atoms with Crippen LogP contribution in [0.2, 0.25) is 0 Å². The third-order valence-corrected chi connectivity index (χ3v) is 3.68. The smallest absolute Gasteiger partial charge is 0.170 e. The van der Waals surface area contributed by atoms with Gasteiger partial charge < -0.3 is 4.74 Å². The van der Waals surface area contributed by atoms with Gasteiger partial charge >= 0.3 is 0 Å². The Morgan fingerprint density at radius 1 is 1.32 bits per heavy atom. The highest BCUT2D eigenvalue weighted by Crippen LogP contribution is 2.35. The van der Waals surface area contributed by atoms with Crippen LogP contribution < -0.4 is 4.74 Å². The zero-order valence-electron chi connectivity index (χ0n) is 10.4. The van der Waals surface area contributed by atoms with Gasteiger partial charge in [-0.2, -0.15) is 0 Å². The number of aromatic nitrogens is 1. The quantitative estimate of drug-likeness (QED) is 0.801. The molecule has 3 nitrogen and oxygen atoms in total. The first kappa shape index (κ1) is 12.4. The topological polar surface area (TPSA) is 39.2 Å². The number of benzene rings is 1. The lowest BCUT2D eigenvalue weighted by Crippen LogP contribution is -2.20.